The highest BCUT2D eigenvalue weighted by Crippen LogP contribution is 2.35. The molecule has 0 aliphatic carbocycles. The molecule has 0 bridgehead atoms. The van der Waals surface area contributed by atoms with E-state index in [2.05, 4.69) is 54.4 Å². The molecule has 1 aromatic carbocycles. The Labute approximate surface area is 161 Å². The summed E-state index contributed by atoms with van der Waals surface area (Å²) in [6.45, 7) is 10.5. The first-order chi connectivity index (χ1) is 12.6. The number of benzene rings is 1. The Hall–Kier alpha value is -1.65. The maximum Gasteiger partial charge on any atom is 0.261 e. The molecule has 0 atom stereocenters. The first kappa shape index (κ1) is 19.1. The maximum atomic E-state index is 12.7. The van der Waals surface area contributed by atoms with Crippen LogP contribution in [0.3, 0.4) is 0 Å². The summed E-state index contributed by atoms with van der Waals surface area (Å²) in [5.74, 6) is 0.535. The number of aryl methyl sites for hydroxylation is 1. The first-order valence-electron chi connectivity index (χ1n) is 9.76. The van der Waals surface area contributed by atoms with Gasteiger partial charge in [-0.1, -0.05) is 44.5 Å². The van der Waals surface area contributed by atoms with E-state index in [0.717, 1.165) is 23.5 Å². The summed E-state index contributed by atoms with van der Waals surface area (Å²) in [6, 6.07) is 10.7. The van der Waals surface area contributed by atoms with E-state index in [1.54, 1.807) is 11.3 Å². The van der Waals surface area contributed by atoms with Crippen molar-refractivity contribution in [2.45, 2.75) is 46.0 Å². The van der Waals surface area contributed by atoms with Crippen molar-refractivity contribution in [1.82, 2.24) is 10.2 Å². The van der Waals surface area contributed by atoms with Crippen molar-refractivity contribution in [1.29, 1.82) is 0 Å². The number of carbonyl (C=O) groups excluding carboxylic acids is 1. The van der Waals surface area contributed by atoms with E-state index in [0.29, 0.717) is 5.92 Å². The number of carbonyl (C=O) groups is 1. The molecule has 1 amide bonds. The normalized spacial score (nSPS) is 15.4. The zero-order valence-corrected chi connectivity index (χ0v) is 17.0. The zero-order valence-electron chi connectivity index (χ0n) is 16.2. The lowest BCUT2D eigenvalue weighted by atomic mass is 9.96. The van der Waals surface area contributed by atoms with Crippen LogP contribution >= 0.6 is 11.3 Å². The molecule has 4 heteroatoms. The Kier molecular flexibility index (Phi) is 6.49. The number of likely N-dealkylation sites (tertiary alicyclic amines) is 1. The Morgan fingerprint density at radius 1 is 1.19 bits per heavy atom. The van der Waals surface area contributed by atoms with Crippen LogP contribution in [-0.2, 0) is 0 Å². The average molecular weight is 371 g/mol. The average Bonchev–Trinajstić information content (AvgIpc) is 3.04. The Bertz CT molecular complexity index is 744. The van der Waals surface area contributed by atoms with Crippen LogP contribution in [0, 0.1) is 6.92 Å². The van der Waals surface area contributed by atoms with Gasteiger partial charge < -0.3 is 10.2 Å². The predicted molar refractivity (Wildman–Crippen MR) is 111 cm³/mol. The van der Waals surface area contributed by atoms with Gasteiger partial charge in [-0.15, -0.1) is 11.3 Å². The molecule has 1 saturated heterocycles. The maximum absolute atomic E-state index is 12.7. The Morgan fingerprint density at radius 3 is 2.65 bits per heavy atom. The molecular weight excluding hydrogens is 340 g/mol. The van der Waals surface area contributed by atoms with E-state index < -0.39 is 0 Å². The highest BCUT2D eigenvalue weighted by atomic mass is 32.1. The number of nitrogens with one attached hydrogen (secondary N) is 1. The van der Waals surface area contributed by atoms with E-state index in [9.17, 15) is 4.79 Å². The summed E-state index contributed by atoms with van der Waals surface area (Å²) in [5, 5.41) is 3.12. The third-order valence-corrected chi connectivity index (χ3v) is 6.40. The topological polar surface area (TPSA) is 32.3 Å². The fraction of sp³-hybridized carbons (Fsp3) is 0.500. The molecule has 3 nitrogen and oxygen atoms in total. The Morgan fingerprint density at radius 2 is 1.92 bits per heavy atom. The van der Waals surface area contributed by atoms with Gasteiger partial charge in [0.05, 0.1) is 4.88 Å². The van der Waals surface area contributed by atoms with Gasteiger partial charge in [-0.25, -0.2) is 0 Å². The largest absolute Gasteiger partial charge is 0.350 e. The zero-order chi connectivity index (χ0) is 18.5. The van der Waals surface area contributed by atoms with Crippen LogP contribution in [0.1, 0.15) is 59.8 Å². The lowest BCUT2D eigenvalue weighted by Gasteiger charge is -2.26. The van der Waals surface area contributed by atoms with Crippen molar-refractivity contribution in [2.75, 3.05) is 26.2 Å². The molecule has 2 aromatic rings. The summed E-state index contributed by atoms with van der Waals surface area (Å²) in [5.41, 5.74) is 3.66. The van der Waals surface area contributed by atoms with Crippen LogP contribution in [0.5, 0.6) is 0 Å². The van der Waals surface area contributed by atoms with Gasteiger partial charge in [-0.3, -0.25) is 4.79 Å². The number of hydrogen-bond donors (Lipinski definition) is 1. The van der Waals surface area contributed by atoms with Gasteiger partial charge in [0.2, 0.25) is 0 Å². The molecule has 1 fully saturated rings. The molecule has 1 aliphatic rings. The number of thiophene rings is 1. The van der Waals surface area contributed by atoms with Gasteiger partial charge in [0.25, 0.3) is 5.91 Å². The first-order valence-corrected chi connectivity index (χ1v) is 10.6. The third-order valence-electron chi connectivity index (χ3n) is 5.13. The summed E-state index contributed by atoms with van der Waals surface area (Å²) in [7, 11) is 0. The number of rotatable bonds is 6. The lowest BCUT2D eigenvalue weighted by Crippen LogP contribution is -2.37. The van der Waals surface area contributed by atoms with E-state index >= 15 is 0 Å². The van der Waals surface area contributed by atoms with Crippen molar-refractivity contribution in [3.63, 3.8) is 0 Å². The molecule has 0 unspecified atom stereocenters. The number of piperidine rings is 1. The van der Waals surface area contributed by atoms with Crippen LogP contribution in [0.25, 0.3) is 10.4 Å². The fourth-order valence-corrected chi connectivity index (χ4v) is 4.79. The number of hydrogen-bond acceptors (Lipinski definition) is 3. The quantitative estimate of drug-likeness (QED) is 0.770. The van der Waals surface area contributed by atoms with E-state index in [1.807, 2.05) is 6.92 Å². The minimum absolute atomic E-state index is 0.0674. The molecule has 0 radical (unpaired) electrons. The van der Waals surface area contributed by atoms with Crippen LogP contribution in [0.2, 0.25) is 0 Å². The third kappa shape index (κ3) is 4.54. The van der Waals surface area contributed by atoms with Gasteiger partial charge >= 0.3 is 0 Å². The molecule has 3 rings (SSSR count). The highest BCUT2D eigenvalue weighted by Gasteiger charge is 2.17. The minimum atomic E-state index is 0.0674. The molecule has 26 heavy (non-hydrogen) atoms. The van der Waals surface area contributed by atoms with Gasteiger partial charge in [0.15, 0.2) is 0 Å². The van der Waals surface area contributed by atoms with Gasteiger partial charge in [0, 0.05) is 18.0 Å². The molecule has 1 aliphatic heterocycles. The fourth-order valence-electron chi connectivity index (χ4n) is 3.66. The summed E-state index contributed by atoms with van der Waals surface area (Å²) in [4.78, 5) is 17.1. The minimum Gasteiger partial charge on any atom is -0.350 e. The van der Waals surface area contributed by atoms with Crippen molar-refractivity contribution < 1.29 is 4.79 Å². The van der Waals surface area contributed by atoms with Crippen LogP contribution in [-0.4, -0.2) is 37.0 Å². The predicted octanol–water partition coefficient (Wildman–Crippen LogP) is 5.06. The van der Waals surface area contributed by atoms with Crippen LogP contribution in [0.4, 0.5) is 0 Å². The number of amides is 1. The lowest BCUT2D eigenvalue weighted by molar-refractivity contribution is 0.0950. The van der Waals surface area contributed by atoms with Gasteiger partial charge in [0.1, 0.15) is 0 Å². The SMILES string of the molecule is Cc1cc(-c2ccccc2C(C)C)sc1C(=O)NCCN1CCCCC1. The second-order valence-electron chi connectivity index (χ2n) is 7.52. The molecule has 1 aromatic heterocycles. The van der Waals surface area contributed by atoms with E-state index in [-0.39, 0.29) is 5.91 Å². The second-order valence-corrected chi connectivity index (χ2v) is 8.58. The van der Waals surface area contributed by atoms with Crippen molar-refractivity contribution in [2.24, 2.45) is 0 Å². The standard InChI is InChI=1S/C22H30N2OS/c1-16(2)18-9-5-6-10-19(18)20-15-17(3)21(26-20)22(25)23-11-14-24-12-7-4-8-13-24/h5-6,9-10,15-16H,4,7-8,11-14H2,1-3H3,(H,23,25). The molecule has 0 saturated carbocycles. The molecule has 140 valence electrons. The second kappa shape index (κ2) is 8.83. The van der Waals surface area contributed by atoms with Crippen LogP contribution in [0.15, 0.2) is 30.3 Å². The summed E-state index contributed by atoms with van der Waals surface area (Å²) in [6.07, 6.45) is 3.92. The van der Waals surface area contributed by atoms with Crippen LogP contribution < -0.4 is 5.32 Å². The molecule has 0 spiro atoms. The monoisotopic (exact) mass is 370 g/mol. The summed E-state index contributed by atoms with van der Waals surface area (Å²) >= 11 is 1.61. The molecular formula is C22H30N2OS. The van der Waals surface area contributed by atoms with E-state index in [1.165, 1.54) is 48.4 Å². The molecule has 1 N–H and O–H groups in total. The Balaban J connectivity index is 1.67. The highest BCUT2D eigenvalue weighted by molar-refractivity contribution is 7.17. The molecule has 2 heterocycles. The van der Waals surface area contributed by atoms with Gasteiger partial charge in [-0.05, 0) is 61.5 Å². The number of nitrogens with zero attached hydrogens (tertiary/aromatic N) is 1. The van der Waals surface area contributed by atoms with Gasteiger partial charge in [-0.2, -0.15) is 0 Å². The van der Waals surface area contributed by atoms with Crippen molar-refractivity contribution >= 4 is 17.2 Å². The smallest absolute Gasteiger partial charge is 0.261 e. The summed E-state index contributed by atoms with van der Waals surface area (Å²) < 4.78 is 0. The van der Waals surface area contributed by atoms with Crippen molar-refractivity contribution in [3.8, 4) is 10.4 Å². The van der Waals surface area contributed by atoms with Crippen molar-refractivity contribution in [3.05, 3.63) is 46.3 Å². The van der Waals surface area contributed by atoms with E-state index in [4.69, 9.17) is 0 Å².